The van der Waals surface area contributed by atoms with Gasteiger partial charge in [0, 0.05) is 34.0 Å². The van der Waals surface area contributed by atoms with E-state index >= 15 is 0 Å². The molecular weight excluding hydrogens is 552 g/mol. The van der Waals surface area contributed by atoms with Gasteiger partial charge in [0.15, 0.2) is 0 Å². The largest absolute Gasteiger partial charge is 0.325 e. The molecule has 10 heteroatoms. The van der Waals surface area contributed by atoms with Crippen LogP contribution < -0.4 is 16.0 Å². The van der Waals surface area contributed by atoms with Gasteiger partial charge in [0.1, 0.15) is 5.70 Å². The Hall–Kier alpha value is -5.22. The Kier molecular flexibility index (Phi) is 9.85. The van der Waals surface area contributed by atoms with Crippen LogP contribution in [0.1, 0.15) is 28.4 Å². The fourth-order valence-electron chi connectivity index (χ4n) is 3.84. The SMILES string of the molecule is Cc1cccc(NC(=O)C(C)Sc2ccc(NC(=O)/C(=C/c3ccc([N+](=O)[O-])cc3)NC(=O)c3ccccc3)cc2)c1. The summed E-state index contributed by atoms with van der Waals surface area (Å²) in [4.78, 5) is 50.0. The van der Waals surface area contributed by atoms with E-state index in [1.165, 1.54) is 42.1 Å². The number of nitro groups is 1. The van der Waals surface area contributed by atoms with E-state index in [0.29, 0.717) is 16.8 Å². The molecule has 4 aromatic rings. The lowest BCUT2D eigenvalue weighted by atomic mass is 10.1. The number of hydrogen-bond acceptors (Lipinski definition) is 6. The van der Waals surface area contributed by atoms with Crippen LogP contribution in [0.25, 0.3) is 6.08 Å². The van der Waals surface area contributed by atoms with Gasteiger partial charge in [0.25, 0.3) is 17.5 Å². The highest BCUT2D eigenvalue weighted by Crippen LogP contribution is 2.26. The molecule has 0 bridgehead atoms. The third-order valence-corrected chi connectivity index (χ3v) is 7.14. The highest BCUT2D eigenvalue weighted by Gasteiger charge is 2.17. The Labute approximate surface area is 247 Å². The van der Waals surface area contributed by atoms with Crippen molar-refractivity contribution in [3.05, 3.63) is 136 Å². The zero-order valence-corrected chi connectivity index (χ0v) is 23.7. The minimum Gasteiger partial charge on any atom is -0.325 e. The fraction of sp³-hybridized carbons (Fsp3) is 0.0938. The smallest absolute Gasteiger partial charge is 0.272 e. The molecule has 3 amide bonds. The number of nitrogens with zero attached hydrogens (tertiary/aromatic N) is 1. The first-order chi connectivity index (χ1) is 20.2. The first-order valence-corrected chi connectivity index (χ1v) is 13.8. The highest BCUT2D eigenvalue weighted by molar-refractivity contribution is 8.00. The monoisotopic (exact) mass is 580 g/mol. The molecule has 4 rings (SSSR count). The summed E-state index contributed by atoms with van der Waals surface area (Å²) < 4.78 is 0. The van der Waals surface area contributed by atoms with Crippen molar-refractivity contribution in [2.75, 3.05) is 10.6 Å². The van der Waals surface area contributed by atoms with Crippen molar-refractivity contribution in [3.8, 4) is 0 Å². The van der Waals surface area contributed by atoms with Gasteiger partial charge in [-0.2, -0.15) is 0 Å². The number of non-ortho nitro benzene ring substituents is 1. The molecular formula is C32H28N4O5S. The van der Waals surface area contributed by atoms with Gasteiger partial charge in [0.05, 0.1) is 10.2 Å². The van der Waals surface area contributed by atoms with Gasteiger partial charge in [-0.05, 0) is 91.7 Å². The second-order valence-electron chi connectivity index (χ2n) is 9.32. The van der Waals surface area contributed by atoms with E-state index in [-0.39, 0.29) is 22.5 Å². The maximum Gasteiger partial charge on any atom is 0.272 e. The molecule has 9 nitrogen and oxygen atoms in total. The molecule has 1 atom stereocenters. The minimum atomic E-state index is -0.580. The van der Waals surface area contributed by atoms with Gasteiger partial charge in [-0.3, -0.25) is 24.5 Å². The summed E-state index contributed by atoms with van der Waals surface area (Å²) in [6.45, 7) is 3.77. The summed E-state index contributed by atoms with van der Waals surface area (Å²) in [7, 11) is 0. The van der Waals surface area contributed by atoms with Gasteiger partial charge in [-0.25, -0.2) is 0 Å². The van der Waals surface area contributed by atoms with Crippen LogP contribution in [0, 0.1) is 17.0 Å². The molecule has 0 spiro atoms. The van der Waals surface area contributed by atoms with Gasteiger partial charge < -0.3 is 16.0 Å². The Balaban J connectivity index is 1.45. The number of anilines is 2. The fourth-order valence-corrected chi connectivity index (χ4v) is 4.71. The number of hydrogen-bond donors (Lipinski definition) is 3. The third-order valence-electron chi connectivity index (χ3n) is 6.02. The Morgan fingerprint density at radius 2 is 1.52 bits per heavy atom. The topological polar surface area (TPSA) is 130 Å². The van der Waals surface area contributed by atoms with Crippen molar-refractivity contribution in [2.45, 2.75) is 24.0 Å². The average molecular weight is 581 g/mol. The maximum atomic E-state index is 13.2. The molecule has 0 aliphatic rings. The molecule has 0 radical (unpaired) electrons. The maximum absolute atomic E-state index is 13.2. The molecule has 0 aromatic heterocycles. The zero-order chi connectivity index (χ0) is 30.1. The summed E-state index contributed by atoms with van der Waals surface area (Å²) in [5, 5.41) is 19.0. The Morgan fingerprint density at radius 1 is 0.833 bits per heavy atom. The highest BCUT2D eigenvalue weighted by atomic mass is 32.2. The molecule has 0 saturated heterocycles. The van der Waals surface area contributed by atoms with Crippen molar-refractivity contribution in [1.29, 1.82) is 0 Å². The van der Waals surface area contributed by atoms with Crippen LogP contribution in [0.5, 0.6) is 0 Å². The number of amides is 3. The number of thioether (sulfide) groups is 1. The molecule has 0 aliphatic carbocycles. The number of aryl methyl sites for hydroxylation is 1. The van der Waals surface area contributed by atoms with Crippen LogP contribution in [-0.4, -0.2) is 27.9 Å². The van der Waals surface area contributed by atoms with Crippen LogP contribution in [0.4, 0.5) is 17.1 Å². The average Bonchev–Trinajstić information content (AvgIpc) is 2.98. The molecule has 42 heavy (non-hydrogen) atoms. The molecule has 4 aromatic carbocycles. The van der Waals surface area contributed by atoms with Gasteiger partial charge in [-0.1, -0.05) is 30.3 Å². The van der Waals surface area contributed by atoms with E-state index in [9.17, 15) is 24.5 Å². The first kappa shape index (κ1) is 29.8. The molecule has 0 aliphatic heterocycles. The van der Waals surface area contributed by atoms with Crippen molar-refractivity contribution in [2.24, 2.45) is 0 Å². The summed E-state index contributed by atoms with van der Waals surface area (Å²) in [6.07, 6.45) is 1.44. The van der Waals surface area contributed by atoms with E-state index in [4.69, 9.17) is 0 Å². The molecule has 212 valence electrons. The number of benzene rings is 4. The number of nitro benzene ring substituents is 1. The van der Waals surface area contributed by atoms with Crippen LogP contribution in [-0.2, 0) is 9.59 Å². The number of carbonyl (C=O) groups excluding carboxylic acids is 3. The molecule has 0 heterocycles. The van der Waals surface area contributed by atoms with Crippen LogP contribution in [0.2, 0.25) is 0 Å². The predicted octanol–water partition coefficient (Wildman–Crippen LogP) is 6.43. The number of rotatable bonds is 10. The Bertz CT molecular complexity index is 1620. The van der Waals surface area contributed by atoms with Crippen LogP contribution in [0.3, 0.4) is 0 Å². The van der Waals surface area contributed by atoms with E-state index in [0.717, 1.165) is 16.1 Å². The summed E-state index contributed by atoms with van der Waals surface area (Å²) >= 11 is 1.38. The van der Waals surface area contributed by atoms with Crippen LogP contribution >= 0.6 is 11.8 Å². The summed E-state index contributed by atoms with van der Waals surface area (Å²) in [5.41, 5.74) is 2.98. The quantitative estimate of drug-likeness (QED) is 0.0857. The predicted molar refractivity (Wildman–Crippen MR) is 165 cm³/mol. The summed E-state index contributed by atoms with van der Waals surface area (Å²) in [5.74, 6) is -1.19. The van der Waals surface area contributed by atoms with E-state index in [1.54, 1.807) is 54.6 Å². The number of nitrogens with one attached hydrogen (secondary N) is 3. The van der Waals surface area contributed by atoms with Gasteiger partial charge in [0.2, 0.25) is 5.91 Å². The second-order valence-corrected chi connectivity index (χ2v) is 10.7. The summed E-state index contributed by atoms with van der Waals surface area (Å²) in [6, 6.07) is 28.6. The Morgan fingerprint density at radius 3 is 2.17 bits per heavy atom. The lowest BCUT2D eigenvalue weighted by molar-refractivity contribution is -0.384. The second kappa shape index (κ2) is 13.9. The van der Waals surface area contributed by atoms with Crippen molar-refractivity contribution < 1.29 is 19.3 Å². The van der Waals surface area contributed by atoms with Crippen molar-refractivity contribution in [3.63, 3.8) is 0 Å². The standard InChI is InChI=1S/C32H28N4O5S/c1-21-7-6-10-26(19-21)34-30(37)22(2)42-28-17-13-25(14-18-28)33-32(39)29(35-31(38)24-8-4-3-5-9-24)20-23-11-15-27(16-12-23)36(40)41/h3-20,22H,1-2H3,(H,33,39)(H,34,37)(H,35,38)/b29-20-. The van der Waals surface area contributed by atoms with Gasteiger partial charge >= 0.3 is 0 Å². The van der Waals surface area contributed by atoms with Crippen molar-refractivity contribution in [1.82, 2.24) is 5.32 Å². The number of carbonyl (C=O) groups is 3. The molecule has 1 unspecified atom stereocenters. The zero-order valence-electron chi connectivity index (χ0n) is 22.9. The lowest BCUT2D eigenvalue weighted by Gasteiger charge is -2.14. The molecule has 0 saturated carbocycles. The van der Waals surface area contributed by atoms with Gasteiger partial charge in [-0.15, -0.1) is 11.8 Å². The molecule has 3 N–H and O–H groups in total. The lowest BCUT2D eigenvalue weighted by Crippen LogP contribution is -2.30. The van der Waals surface area contributed by atoms with Crippen LogP contribution in [0.15, 0.2) is 114 Å². The van der Waals surface area contributed by atoms with E-state index in [2.05, 4.69) is 16.0 Å². The third kappa shape index (κ3) is 8.39. The first-order valence-electron chi connectivity index (χ1n) is 13.0. The van der Waals surface area contributed by atoms with E-state index < -0.39 is 16.7 Å². The minimum absolute atomic E-state index is 0.0439. The normalized spacial score (nSPS) is 11.7. The van der Waals surface area contributed by atoms with Crippen molar-refractivity contribution >= 4 is 52.6 Å². The van der Waals surface area contributed by atoms with E-state index in [1.807, 2.05) is 38.1 Å². The molecule has 0 fully saturated rings.